The van der Waals surface area contributed by atoms with Gasteiger partial charge in [-0.2, -0.15) is 4.72 Å². The van der Waals surface area contributed by atoms with Crippen molar-refractivity contribution < 1.29 is 17.9 Å². The van der Waals surface area contributed by atoms with Crippen LogP contribution in [0.2, 0.25) is 0 Å². The number of amides is 1. The van der Waals surface area contributed by atoms with E-state index >= 15 is 0 Å². The van der Waals surface area contributed by atoms with Crippen LogP contribution in [0.15, 0.2) is 57.9 Å². The minimum Gasteiger partial charge on any atom is -0.370 e. The number of carbonyl (C=O) groups is 1. The fourth-order valence-electron chi connectivity index (χ4n) is 2.91. The summed E-state index contributed by atoms with van der Waals surface area (Å²) in [4.78, 5) is 14.6. The molecule has 0 bridgehead atoms. The Hall–Kier alpha value is -2.18. The maximum atomic E-state index is 12.9. The van der Waals surface area contributed by atoms with Crippen LogP contribution in [0.5, 0.6) is 0 Å². The van der Waals surface area contributed by atoms with E-state index in [1.54, 1.807) is 17.0 Å². The number of ether oxygens (including phenoxy) is 1. The molecule has 0 aliphatic carbocycles. The Bertz CT molecular complexity index is 1000. The molecule has 1 aliphatic rings. The van der Waals surface area contributed by atoms with Gasteiger partial charge in [-0.25, -0.2) is 8.42 Å². The summed E-state index contributed by atoms with van der Waals surface area (Å²) in [5, 5.41) is 0. The number of morpholine rings is 1. The van der Waals surface area contributed by atoms with Crippen molar-refractivity contribution in [3.8, 4) is 12.3 Å². The Kier molecular flexibility index (Phi) is 6.52. The first-order valence-corrected chi connectivity index (χ1v) is 10.9. The molecule has 8 heteroatoms. The molecule has 1 heterocycles. The Morgan fingerprint density at radius 3 is 2.75 bits per heavy atom. The lowest BCUT2D eigenvalue weighted by Gasteiger charge is -2.33. The first-order valence-electron chi connectivity index (χ1n) is 8.60. The van der Waals surface area contributed by atoms with Gasteiger partial charge < -0.3 is 9.64 Å². The number of nitrogens with zero attached hydrogens (tertiary/aromatic N) is 1. The number of benzene rings is 2. The Balaban J connectivity index is 1.77. The first-order chi connectivity index (χ1) is 13.4. The van der Waals surface area contributed by atoms with E-state index in [4.69, 9.17) is 11.2 Å². The van der Waals surface area contributed by atoms with Crippen LogP contribution in [-0.4, -0.2) is 45.5 Å². The molecule has 2 aromatic carbocycles. The Morgan fingerprint density at radius 1 is 1.29 bits per heavy atom. The standard InChI is InChI=1S/C20H19BrN2O4S/c1-2-10-22-28(25,26)18-5-3-4-16(13-18)20(24)23-11-12-27-19(14-23)15-6-8-17(21)9-7-15/h1,3-9,13,19,22H,10-12,14H2. The van der Waals surface area contributed by atoms with Crippen LogP contribution < -0.4 is 4.72 Å². The lowest BCUT2D eigenvalue weighted by atomic mass is 10.1. The average molecular weight is 463 g/mol. The fraction of sp³-hybridized carbons (Fsp3) is 0.250. The molecule has 6 nitrogen and oxygen atoms in total. The molecule has 1 unspecified atom stereocenters. The molecule has 146 valence electrons. The van der Waals surface area contributed by atoms with Crippen molar-refractivity contribution in [2.45, 2.75) is 11.0 Å². The molecule has 1 N–H and O–H groups in total. The van der Waals surface area contributed by atoms with Gasteiger partial charge in [0.25, 0.3) is 5.91 Å². The molecule has 1 saturated heterocycles. The molecular weight excluding hydrogens is 444 g/mol. The van der Waals surface area contributed by atoms with E-state index in [9.17, 15) is 13.2 Å². The third kappa shape index (κ3) is 4.80. The van der Waals surface area contributed by atoms with E-state index < -0.39 is 10.0 Å². The zero-order chi connectivity index (χ0) is 20.1. The van der Waals surface area contributed by atoms with Gasteiger partial charge in [-0.3, -0.25) is 4.79 Å². The molecule has 0 radical (unpaired) electrons. The molecule has 0 spiro atoms. The summed E-state index contributed by atoms with van der Waals surface area (Å²) in [5.41, 5.74) is 1.29. The number of terminal acetylenes is 1. The minimum absolute atomic E-state index is 0.00585. The summed E-state index contributed by atoms with van der Waals surface area (Å²) < 4.78 is 33.6. The van der Waals surface area contributed by atoms with Crippen molar-refractivity contribution in [2.75, 3.05) is 26.2 Å². The summed E-state index contributed by atoms with van der Waals surface area (Å²) in [6, 6.07) is 13.7. The maximum Gasteiger partial charge on any atom is 0.254 e. The van der Waals surface area contributed by atoms with E-state index in [2.05, 4.69) is 26.6 Å². The van der Waals surface area contributed by atoms with Crippen LogP contribution in [0.25, 0.3) is 0 Å². The number of rotatable bonds is 5. The lowest BCUT2D eigenvalue weighted by Crippen LogP contribution is -2.42. The molecular formula is C20H19BrN2O4S. The number of carbonyl (C=O) groups excluding carboxylic acids is 1. The highest BCUT2D eigenvalue weighted by Crippen LogP contribution is 2.25. The normalized spacial score (nSPS) is 17.1. The second-order valence-electron chi connectivity index (χ2n) is 6.22. The highest BCUT2D eigenvalue weighted by Gasteiger charge is 2.27. The number of nitrogens with one attached hydrogen (secondary N) is 1. The topological polar surface area (TPSA) is 75.7 Å². The average Bonchev–Trinajstić information content (AvgIpc) is 2.72. The van der Waals surface area contributed by atoms with Crippen LogP contribution in [0.3, 0.4) is 0 Å². The van der Waals surface area contributed by atoms with Gasteiger partial charge in [0.15, 0.2) is 0 Å². The number of halogens is 1. The Morgan fingerprint density at radius 2 is 2.04 bits per heavy atom. The number of sulfonamides is 1. The highest BCUT2D eigenvalue weighted by molar-refractivity contribution is 9.10. The van der Waals surface area contributed by atoms with Crippen LogP contribution in [0.4, 0.5) is 0 Å². The predicted molar refractivity (Wildman–Crippen MR) is 109 cm³/mol. The Labute approximate surface area is 173 Å². The van der Waals surface area contributed by atoms with Gasteiger partial charge in [0.05, 0.1) is 24.6 Å². The molecule has 1 aliphatic heterocycles. The molecule has 2 aromatic rings. The zero-order valence-corrected chi connectivity index (χ0v) is 17.4. The second kappa shape index (κ2) is 8.88. The van der Waals surface area contributed by atoms with Gasteiger partial charge in [-0.15, -0.1) is 6.42 Å². The monoisotopic (exact) mass is 462 g/mol. The fourth-order valence-corrected chi connectivity index (χ4v) is 4.16. The third-order valence-corrected chi connectivity index (χ3v) is 6.28. The van der Waals surface area contributed by atoms with Crippen LogP contribution in [0.1, 0.15) is 22.0 Å². The third-order valence-electron chi connectivity index (χ3n) is 4.35. The SMILES string of the molecule is C#CCNS(=O)(=O)c1cccc(C(=O)N2CCOC(c3ccc(Br)cc3)C2)c1. The van der Waals surface area contributed by atoms with Crippen LogP contribution in [-0.2, 0) is 14.8 Å². The van der Waals surface area contributed by atoms with Gasteiger partial charge in [0.1, 0.15) is 6.10 Å². The number of hydrogen-bond donors (Lipinski definition) is 1. The second-order valence-corrected chi connectivity index (χ2v) is 8.90. The quantitative estimate of drug-likeness (QED) is 0.692. The molecule has 0 saturated carbocycles. The predicted octanol–water partition coefficient (Wildman–Crippen LogP) is 2.57. The van der Waals surface area contributed by atoms with Gasteiger partial charge in [-0.05, 0) is 35.9 Å². The molecule has 28 heavy (non-hydrogen) atoms. The van der Waals surface area contributed by atoms with Gasteiger partial charge >= 0.3 is 0 Å². The van der Waals surface area contributed by atoms with Crippen LogP contribution in [0, 0.1) is 12.3 Å². The van der Waals surface area contributed by atoms with E-state index in [0.717, 1.165) is 10.0 Å². The van der Waals surface area contributed by atoms with Crippen molar-refractivity contribution in [3.05, 3.63) is 64.1 Å². The maximum absolute atomic E-state index is 12.9. The molecule has 3 rings (SSSR count). The van der Waals surface area contributed by atoms with Crippen molar-refractivity contribution in [1.82, 2.24) is 9.62 Å². The summed E-state index contributed by atoms with van der Waals surface area (Å²) in [6.45, 7) is 1.14. The van der Waals surface area contributed by atoms with E-state index in [-0.39, 0.29) is 23.5 Å². The van der Waals surface area contributed by atoms with E-state index in [1.807, 2.05) is 24.3 Å². The largest absolute Gasteiger partial charge is 0.370 e. The molecule has 1 amide bonds. The first kappa shape index (κ1) is 20.6. The van der Waals surface area contributed by atoms with Gasteiger partial charge in [0.2, 0.25) is 10.0 Å². The zero-order valence-electron chi connectivity index (χ0n) is 15.0. The van der Waals surface area contributed by atoms with Gasteiger partial charge in [-0.1, -0.05) is 40.0 Å². The highest BCUT2D eigenvalue weighted by atomic mass is 79.9. The minimum atomic E-state index is -3.76. The van der Waals surface area contributed by atoms with Crippen molar-refractivity contribution in [2.24, 2.45) is 0 Å². The van der Waals surface area contributed by atoms with Crippen LogP contribution >= 0.6 is 15.9 Å². The number of hydrogen-bond acceptors (Lipinski definition) is 4. The molecule has 1 atom stereocenters. The summed E-state index contributed by atoms with van der Waals surface area (Å²) in [5.74, 6) is 1.99. The summed E-state index contributed by atoms with van der Waals surface area (Å²) >= 11 is 3.40. The smallest absolute Gasteiger partial charge is 0.254 e. The van der Waals surface area contributed by atoms with Gasteiger partial charge in [0, 0.05) is 16.6 Å². The molecule has 0 aromatic heterocycles. The van der Waals surface area contributed by atoms with Crippen molar-refractivity contribution >= 4 is 31.9 Å². The lowest BCUT2D eigenvalue weighted by molar-refractivity contribution is -0.0228. The van der Waals surface area contributed by atoms with E-state index in [0.29, 0.717) is 25.3 Å². The van der Waals surface area contributed by atoms with Crippen molar-refractivity contribution in [3.63, 3.8) is 0 Å². The van der Waals surface area contributed by atoms with E-state index in [1.165, 1.54) is 12.1 Å². The summed E-state index contributed by atoms with van der Waals surface area (Å²) in [7, 11) is -3.76. The summed E-state index contributed by atoms with van der Waals surface area (Å²) in [6.07, 6.45) is 4.88. The molecule has 1 fully saturated rings. The van der Waals surface area contributed by atoms with Crippen molar-refractivity contribution in [1.29, 1.82) is 0 Å².